The lowest BCUT2D eigenvalue weighted by molar-refractivity contribution is 0.0333. The van der Waals surface area contributed by atoms with Crippen LogP contribution in [-0.2, 0) is 36.3 Å². The maximum atomic E-state index is 12.9. The second-order valence-corrected chi connectivity index (χ2v) is 10.0. The molecule has 0 rings (SSSR count). The third kappa shape index (κ3) is 12.0. The molecular weight excluding hydrogens is 406 g/mol. The van der Waals surface area contributed by atoms with Crippen molar-refractivity contribution < 1.29 is 36.3 Å². The van der Waals surface area contributed by atoms with E-state index < -0.39 is 15.6 Å². The van der Waals surface area contributed by atoms with E-state index in [1.165, 1.54) is 0 Å². The molecule has 170 valence electrons. The number of phosphoric acid groups is 2. The minimum Gasteiger partial charge on any atom is -0.284 e. The van der Waals surface area contributed by atoms with Crippen molar-refractivity contribution in [2.24, 2.45) is 0 Å². The van der Waals surface area contributed by atoms with E-state index in [-0.39, 0.29) is 37.6 Å². The van der Waals surface area contributed by atoms with Crippen molar-refractivity contribution in [2.45, 2.75) is 105 Å². The maximum absolute atomic E-state index is 12.9. The van der Waals surface area contributed by atoms with Crippen molar-refractivity contribution in [1.82, 2.24) is 0 Å². The lowest BCUT2D eigenvalue weighted by atomic mass is 10.3. The van der Waals surface area contributed by atoms with Crippen molar-refractivity contribution >= 4 is 15.6 Å². The number of hydrogen-bond acceptors (Lipinski definition) is 8. The Morgan fingerprint density at radius 1 is 0.536 bits per heavy atom. The monoisotopic (exact) mass is 446 g/mol. The van der Waals surface area contributed by atoms with Gasteiger partial charge in [0, 0.05) is 0 Å². The first-order valence-electron chi connectivity index (χ1n) is 10.3. The van der Waals surface area contributed by atoms with Crippen LogP contribution in [0.1, 0.15) is 81.1 Å². The van der Waals surface area contributed by atoms with Crippen LogP contribution in [0.2, 0.25) is 0 Å². The predicted molar refractivity (Wildman–Crippen MR) is 110 cm³/mol. The SMILES string of the molecule is CCC(C)OP(=O)(OCCOP(=O)(OC(C)CC)OC(C)CC)OC(C)CC. The molecule has 4 unspecified atom stereocenters. The first-order chi connectivity index (χ1) is 13.0. The van der Waals surface area contributed by atoms with Gasteiger partial charge in [-0.25, -0.2) is 9.13 Å². The van der Waals surface area contributed by atoms with Gasteiger partial charge in [0.05, 0.1) is 37.6 Å². The Hall–Kier alpha value is 0.220. The van der Waals surface area contributed by atoms with Crippen LogP contribution in [-0.4, -0.2) is 37.6 Å². The summed E-state index contributed by atoms with van der Waals surface area (Å²) in [5.74, 6) is 0. The van der Waals surface area contributed by atoms with E-state index in [0.29, 0.717) is 25.7 Å². The molecule has 0 aromatic carbocycles. The second kappa shape index (κ2) is 14.3. The molecule has 0 N–H and O–H groups in total. The molecule has 0 radical (unpaired) electrons. The van der Waals surface area contributed by atoms with E-state index in [9.17, 15) is 9.13 Å². The summed E-state index contributed by atoms with van der Waals surface area (Å²) in [4.78, 5) is 0. The molecule has 0 saturated carbocycles. The van der Waals surface area contributed by atoms with E-state index in [1.807, 2.05) is 27.7 Å². The fourth-order valence-corrected chi connectivity index (χ4v) is 4.95. The van der Waals surface area contributed by atoms with Crippen molar-refractivity contribution in [3.8, 4) is 0 Å². The van der Waals surface area contributed by atoms with Gasteiger partial charge in [-0.2, -0.15) is 0 Å². The third-order valence-electron chi connectivity index (χ3n) is 4.12. The Kier molecular flexibility index (Phi) is 14.4. The van der Waals surface area contributed by atoms with Gasteiger partial charge in [0.15, 0.2) is 0 Å². The highest BCUT2D eigenvalue weighted by atomic mass is 31.2. The summed E-state index contributed by atoms with van der Waals surface area (Å²) in [6.07, 6.45) is 1.49. The number of phosphoric ester groups is 2. The summed E-state index contributed by atoms with van der Waals surface area (Å²) in [6.45, 7) is 14.5. The van der Waals surface area contributed by atoms with Crippen LogP contribution < -0.4 is 0 Å². The van der Waals surface area contributed by atoms with Gasteiger partial charge in [-0.15, -0.1) is 0 Å². The number of rotatable bonds is 17. The molecule has 0 aliphatic rings. The van der Waals surface area contributed by atoms with Crippen LogP contribution in [0.3, 0.4) is 0 Å². The zero-order valence-electron chi connectivity index (χ0n) is 18.7. The quantitative estimate of drug-likeness (QED) is 0.185. The van der Waals surface area contributed by atoms with Gasteiger partial charge in [-0.1, -0.05) is 27.7 Å². The van der Waals surface area contributed by atoms with E-state index in [0.717, 1.165) is 0 Å². The molecule has 0 bridgehead atoms. The topological polar surface area (TPSA) is 89.5 Å². The highest BCUT2D eigenvalue weighted by Gasteiger charge is 2.33. The van der Waals surface area contributed by atoms with Crippen molar-refractivity contribution in [2.75, 3.05) is 13.2 Å². The Morgan fingerprint density at radius 3 is 0.929 bits per heavy atom. The van der Waals surface area contributed by atoms with E-state index in [1.54, 1.807) is 27.7 Å². The lowest BCUT2D eigenvalue weighted by Crippen LogP contribution is -2.16. The Balaban J connectivity index is 4.88. The average molecular weight is 446 g/mol. The molecule has 0 fully saturated rings. The Bertz CT molecular complexity index is 426. The first-order valence-corrected chi connectivity index (χ1v) is 13.2. The molecule has 0 saturated heterocycles. The van der Waals surface area contributed by atoms with E-state index in [2.05, 4.69) is 0 Å². The van der Waals surface area contributed by atoms with Gasteiger partial charge >= 0.3 is 15.6 Å². The summed E-state index contributed by atoms with van der Waals surface area (Å²) in [6, 6.07) is 0. The van der Waals surface area contributed by atoms with Crippen LogP contribution in [0.4, 0.5) is 0 Å². The lowest BCUT2D eigenvalue weighted by Gasteiger charge is -2.25. The van der Waals surface area contributed by atoms with Crippen molar-refractivity contribution in [3.63, 3.8) is 0 Å². The van der Waals surface area contributed by atoms with Crippen LogP contribution in [0.15, 0.2) is 0 Å². The van der Waals surface area contributed by atoms with Crippen LogP contribution in [0.5, 0.6) is 0 Å². The normalized spacial score (nSPS) is 20.7. The molecule has 0 aliphatic carbocycles. The molecule has 10 heteroatoms. The maximum Gasteiger partial charge on any atom is 0.475 e. The van der Waals surface area contributed by atoms with E-state index >= 15 is 0 Å². The minimum absolute atomic E-state index is 0.137. The molecule has 8 nitrogen and oxygen atoms in total. The van der Waals surface area contributed by atoms with Crippen LogP contribution in [0.25, 0.3) is 0 Å². The summed E-state index contributed by atoms with van der Waals surface area (Å²) in [5.41, 5.74) is 0. The second-order valence-electron chi connectivity index (χ2n) is 6.86. The largest absolute Gasteiger partial charge is 0.475 e. The third-order valence-corrected chi connectivity index (χ3v) is 7.59. The number of hydrogen-bond donors (Lipinski definition) is 0. The van der Waals surface area contributed by atoms with Gasteiger partial charge in [0.1, 0.15) is 0 Å². The molecule has 28 heavy (non-hydrogen) atoms. The molecule has 0 amide bonds. The molecule has 4 atom stereocenters. The van der Waals surface area contributed by atoms with Gasteiger partial charge in [0.25, 0.3) is 0 Å². The molecule has 0 aliphatic heterocycles. The molecule has 0 spiro atoms. The van der Waals surface area contributed by atoms with Crippen LogP contribution in [0, 0.1) is 0 Å². The van der Waals surface area contributed by atoms with Gasteiger partial charge in [-0.3, -0.25) is 27.1 Å². The predicted octanol–water partition coefficient (Wildman–Crippen LogP) is 6.50. The molecule has 0 heterocycles. The zero-order chi connectivity index (χ0) is 21.8. The summed E-state index contributed by atoms with van der Waals surface area (Å²) in [5, 5.41) is 0. The summed E-state index contributed by atoms with van der Waals surface area (Å²) >= 11 is 0. The van der Waals surface area contributed by atoms with Crippen LogP contribution >= 0.6 is 15.6 Å². The fourth-order valence-electron chi connectivity index (χ4n) is 1.65. The van der Waals surface area contributed by atoms with Crippen molar-refractivity contribution in [1.29, 1.82) is 0 Å². The highest BCUT2D eigenvalue weighted by Crippen LogP contribution is 2.54. The smallest absolute Gasteiger partial charge is 0.284 e. The average Bonchev–Trinajstić information content (AvgIpc) is 2.64. The Morgan fingerprint density at radius 2 is 0.750 bits per heavy atom. The standard InChI is InChI=1S/C18H40O8P2/c1-9-15(5)23-27(19,24-16(6)10-2)21-13-14-22-28(20,25-17(7)11-3)26-18(8)12-4/h15-18H,9-14H2,1-8H3. The Labute approximate surface area is 171 Å². The molecular formula is C18H40O8P2. The zero-order valence-corrected chi connectivity index (χ0v) is 20.5. The minimum atomic E-state index is -3.76. The van der Waals surface area contributed by atoms with Gasteiger partial charge < -0.3 is 0 Å². The van der Waals surface area contributed by atoms with Gasteiger partial charge in [-0.05, 0) is 53.4 Å². The fraction of sp³-hybridized carbons (Fsp3) is 1.00. The first kappa shape index (κ1) is 28.2. The summed E-state index contributed by atoms with van der Waals surface area (Å²) < 4.78 is 58.4. The van der Waals surface area contributed by atoms with Crippen molar-refractivity contribution in [3.05, 3.63) is 0 Å². The molecule has 0 aromatic heterocycles. The van der Waals surface area contributed by atoms with Gasteiger partial charge in [0.2, 0.25) is 0 Å². The highest BCUT2D eigenvalue weighted by molar-refractivity contribution is 7.48. The van der Waals surface area contributed by atoms with E-state index in [4.69, 9.17) is 27.1 Å². The molecule has 0 aromatic rings. The summed E-state index contributed by atoms with van der Waals surface area (Å²) in [7, 11) is -7.53.